The summed E-state index contributed by atoms with van der Waals surface area (Å²) in [6, 6.07) is 8.18. The van der Waals surface area contributed by atoms with Crippen LogP contribution >= 0.6 is 41.6 Å². The minimum atomic E-state index is -1.97. The van der Waals surface area contributed by atoms with Gasteiger partial charge in [-0.3, -0.25) is 0 Å². The van der Waals surface area contributed by atoms with Crippen molar-refractivity contribution in [3.63, 3.8) is 0 Å². The van der Waals surface area contributed by atoms with Gasteiger partial charge in [-0.2, -0.15) is 0 Å². The van der Waals surface area contributed by atoms with Crippen LogP contribution in [-0.4, -0.2) is 0 Å². The first kappa shape index (κ1) is 9.79. The summed E-state index contributed by atoms with van der Waals surface area (Å²) in [5.41, 5.74) is 1.25. The molecule has 0 saturated carbocycles. The fourth-order valence-corrected chi connectivity index (χ4v) is 2.73. The van der Waals surface area contributed by atoms with Crippen LogP contribution in [0.2, 0.25) is 0 Å². The second kappa shape index (κ2) is 3.61. The van der Waals surface area contributed by atoms with E-state index in [-0.39, 0.29) is 0 Å². The van der Waals surface area contributed by atoms with Crippen molar-refractivity contribution in [3.05, 3.63) is 29.8 Å². The maximum atomic E-state index is 4.35. The van der Waals surface area contributed by atoms with E-state index in [0.717, 1.165) is 5.30 Å². The second-order valence-electron chi connectivity index (χ2n) is 2.50. The first-order valence-electron chi connectivity index (χ1n) is 3.24. The van der Waals surface area contributed by atoms with Gasteiger partial charge in [0.05, 0.1) is 0 Å². The van der Waals surface area contributed by atoms with Crippen LogP contribution in [0.5, 0.6) is 0 Å². The number of thiol groups is 3. The normalized spacial score (nSPS) is 13.1. The Hall–Kier alpha value is 0.700. The zero-order valence-electron chi connectivity index (χ0n) is 6.15. The van der Waals surface area contributed by atoms with Gasteiger partial charge in [0.15, 0.2) is 0 Å². The van der Waals surface area contributed by atoms with E-state index in [2.05, 4.69) is 55.8 Å². The van der Waals surface area contributed by atoms with Crippen LogP contribution in [0.1, 0.15) is 5.56 Å². The van der Waals surface area contributed by atoms with Crippen LogP contribution in [0.4, 0.5) is 0 Å². The summed E-state index contributed by atoms with van der Waals surface area (Å²) < 4.78 is 0. The second-order valence-corrected chi connectivity index (χ2v) is 13.6. The molecule has 1 aromatic carbocycles. The predicted octanol–water partition coefficient (Wildman–Crippen LogP) is 2.90. The number of benzene rings is 1. The van der Waals surface area contributed by atoms with Crippen LogP contribution in [0, 0.1) is 6.92 Å². The molecule has 0 saturated heterocycles. The van der Waals surface area contributed by atoms with Gasteiger partial charge in [-0.05, 0) is 0 Å². The molecule has 0 heterocycles. The third kappa shape index (κ3) is 2.90. The number of hydrogen-bond acceptors (Lipinski definition) is 3. The number of rotatable bonds is 1. The summed E-state index contributed by atoms with van der Waals surface area (Å²) in [5, 5.41) is 1.14. The molecule has 0 N–H and O–H groups in total. The average molecular weight is 222 g/mol. The fourth-order valence-electron chi connectivity index (χ4n) is 0.777. The van der Waals surface area contributed by atoms with E-state index in [4.69, 9.17) is 0 Å². The third-order valence-electron chi connectivity index (χ3n) is 1.44. The molecule has 0 aliphatic rings. The van der Waals surface area contributed by atoms with Crippen molar-refractivity contribution < 1.29 is 0 Å². The minimum absolute atomic E-state index is 1.14. The summed E-state index contributed by atoms with van der Waals surface area (Å²) in [5.74, 6) is 0. The SMILES string of the molecule is Cc1ccc([PH](S)(S)S)cc1. The molecule has 0 radical (unpaired) electrons. The van der Waals surface area contributed by atoms with Crippen LogP contribution in [-0.2, 0) is 0 Å². The summed E-state index contributed by atoms with van der Waals surface area (Å²) in [6.45, 7) is 2.06. The Morgan fingerprint density at radius 2 is 1.45 bits per heavy atom. The van der Waals surface area contributed by atoms with Crippen LogP contribution in [0.3, 0.4) is 0 Å². The van der Waals surface area contributed by atoms with E-state index in [1.54, 1.807) is 0 Å². The average Bonchev–Trinajstić information content (AvgIpc) is 1.86. The molecule has 0 amide bonds. The van der Waals surface area contributed by atoms with Crippen molar-refractivity contribution in [2.45, 2.75) is 6.92 Å². The monoisotopic (exact) mass is 222 g/mol. The van der Waals surface area contributed by atoms with Gasteiger partial charge >= 0.3 is 83.7 Å². The van der Waals surface area contributed by atoms with Crippen LogP contribution < -0.4 is 5.30 Å². The molecule has 0 unspecified atom stereocenters. The molecule has 4 heteroatoms. The quantitative estimate of drug-likeness (QED) is 0.472. The van der Waals surface area contributed by atoms with Crippen molar-refractivity contribution in [1.82, 2.24) is 0 Å². The first-order chi connectivity index (χ1) is 5.00. The molecule has 0 atom stereocenters. The zero-order valence-corrected chi connectivity index (χ0v) is 9.83. The van der Waals surface area contributed by atoms with Crippen LogP contribution in [0.25, 0.3) is 0 Å². The van der Waals surface area contributed by atoms with Crippen LogP contribution in [0.15, 0.2) is 24.3 Å². The standard InChI is InChI=1S/C7H11PS3/c1-6-2-4-7(5-3-6)8(9,10)11/h2-5,8-11H,1H3. The molecule has 0 spiro atoms. The van der Waals surface area contributed by atoms with E-state index < -0.39 is 4.87 Å². The van der Waals surface area contributed by atoms with Gasteiger partial charge in [0, 0.05) is 0 Å². The predicted molar refractivity (Wildman–Crippen MR) is 66.1 cm³/mol. The van der Waals surface area contributed by atoms with E-state index >= 15 is 0 Å². The first-order valence-corrected chi connectivity index (χ1v) is 9.11. The Morgan fingerprint density at radius 1 is 1.00 bits per heavy atom. The van der Waals surface area contributed by atoms with E-state index in [1.807, 2.05) is 12.1 Å². The van der Waals surface area contributed by atoms with Gasteiger partial charge in [0.25, 0.3) is 0 Å². The molecule has 0 aromatic heterocycles. The molecule has 0 aliphatic heterocycles. The van der Waals surface area contributed by atoms with Gasteiger partial charge in [0.2, 0.25) is 0 Å². The Bertz CT molecular complexity index is 237. The molecule has 1 aromatic rings. The molecule has 0 nitrogen and oxygen atoms in total. The molecular formula is C7H11PS3. The van der Waals surface area contributed by atoms with Crippen molar-refractivity contribution in [2.24, 2.45) is 0 Å². The van der Waals surface area contributed by atoms with Crippen molar-refractivity contribution >= 4 is 46.9 Å². The molecule has 0 aliphatic carbocycles. The Kier molecular flexibility index (Phi) is 3.21. The summed E-state index contributed by atoms with van der Waals surface area (Å²) in [6.07, 6.45) is 0. The molecule has 11 heavy (non-hydrogen) atoms. The van der Waals surface area contributed by atoms with Gasteiger partial charge in [-0.1, -0.05) is 0 Å². The molecule has 0 bridgehead atoms. The Balaban J connectivity index is 2.99. The van der Waals surface area contributed by atoms with Crippen molar-refractivity contribution in [3.8, 4) is 0 Å². The summed E-state index contributed by atoms with van der Waals surface area (Å²) >= 11 is 13.0. The van der Waals surface area contributed by atoms with Gasteiger partial charge < -0.3 is 0 Å². The van der Waals surface area contributed by atoms with Crippen molar-refractivity contribution in [2.75, 3.05) is 0 Å². The Morgan fingerprint density at radius 3 is 1.82 bits per heavy atom. The molecular weight excluding hydrogens is 211 g/mol. The fraction of sp³-hybridized carbons (Fsp3) is 0.143. The molecule has 1 rings (SSSR count). The molecule has 0 fully saturated rings. The zero-order chi connectivity index (χ0) is 8.48. The third-order valence-corrected chi connectivity index (χ3v) is 4.87. The van der Waals surface area contributed by atoms with Gasteiger partial charge in [-0.15, -0.1) is 0 Å². The molecule has 62 valence electrons. The summed E-state index contributed by atoms with van der Waals surface area (Å²) in [7, 11) is 0. The van der Waals surface area contributed by atoms with E-state index in [1.165, 1.54) is 5.56 Å². The van der Waals surface area contributed by atoms with Gasteiger partial charge in [0.1, 0.15) is 0 Å². The van der Waals surface area contributed by atoms with E-state index in [0.29, 0.717) is 0 Å². The number of aryl methyl sites for hydroxylation is 1. The Labute approximate surface area is 83.6 Å². The van der Waals surface area contributed by atoms with E-state index in [9.17, 15) is 0 Å². The van der Waals surface area contributed by atoms with Crippen molar-refractivity contribution in [1.29, 1.82) is 0 Å². The topological polar surface area (TPSA) is 0 Å². The maximum absolute atomic E-state index is 4.35. The number of hydrogen-bond donors (Lipinski definition) is 3. The van der Waals surface area contributed by atoms with Gasteiger partial charge in [-0.25, -0.2) is 0 Å². The summed E-state index contributed by atoms with van der Waals surface area (Å²) in [4.78, 5) is -1.97.